The maximum Gasteiger partial charge on any atom is 0.329 e. The van der Waals surface area contributed by atoms with Crippen LogP contribution in [0.15, 0.2) is 66.7 Å². The minimum atomic E-state index is -1.10. The number of nitrogens with zero attached hydrogens (tertiary/aromatic N) is 1. The quantitative estimate of drug-likeness (QED) is 0.327. The summed E-state index contributed by atoms with van der Waals surface area (Å²) in [5.74, 6) is -3.53. The number of hydrogen-bond donors (Lipinski definition) is 1. The summed E-state index contributed by atoms with van der Waals surface area (Å²) in [6, 6.07) is 20.6. The molecule has 0 aromatic heterocycles. The number of rotatable bonds is 7. The Morgan fingerprint density at radius 2 is 1.32 bits per heavy atom. The highest BCUT2D eigenvalue weighted by molar-refractivity contribution is 6.10. The first kappa shape index (κ1) is 26.9. The molecule has 0 saturated carbocycles. The molecule has 1 fully saturated rings. The minimum Gasteiger partial charge on any atom is -0.454 e. The normalized spacial score (nSPS) is 22.7. The number of ether oxygens (including phenoxy) is 1. The Morgan fingerprint density at radius 1 is 0.805 bits per heavy atom. The van der Waals surface area contributed by atoms with Crippen molar-refractivity contribution in [3.63, 3.8) is 0 Å². The first-order valence-corrected chi connectivity index (χ1v) is 14.3. The molecule has 0 radical (unpaired) electrons. The third kappa shape index (κ3) is 4.35. The van der Waals surface area contributed by atoms with E-state index in [1.165, 1.54) is 0 Å². The van der Waals surface area contributed by atoms with Gasteiger partial charge in [-0.2, -0.15) is 0 Å². The van der Waals surface area contributed by atoms with Gasteiger partial charge in [0.1, 0.15) is 6.04 Å². The second-order valence-electron chi connectivity index (χ2n) is 11.9. The van der Waals surface area contributed by atoms with Crippen molar-refractivity contribution in [2.75, 3.05) is 11.9 Å². The molecule has 0 spiro atoms. The van der Waals surface area contributed by atoms with Gasteiger partial charge in [-0.05, 0) is 65.6 Å². The Hall–Kier alpha value is -4.26. The van der Waals surface area contributed by atoms with E-state index in [4.69, 9.17) is 4.74 Å². The predicted molar refractivity (Wildman–Crippen MR) is 154 cm³/mol. The standard InChI is InChI=1S/C34H34N2O5/c1-18(2)16-26(34(40)41-17-27(37)35-25-15-9-10-19(3)20(25)4)36-32(38)30-28-21-11-5-6-12-22(21)29(31(30)33(36)39)24-14-8-7-13-23(24)28/h5-15,18,26,28-31H,16-17H2,1-4H3,(H,35,37)/t26-,28?,29?,30-,31-/m0/s1. The fraction of sp³-hybridized carbons (Fsp3) is 0.353. The Kier molecular flexibility index (Phi) is 6.76. The molecule has 3 aliphatic carbocycles. The molecule has 0 unspecified atom stereocenters. The summed E-state index contributed by atoms with van der Waals surface area (Å²) in [4.78, 5) is 55.7. The molecule has 3 atom stereocenters. The van der Waals surface area contributed by atoms with Gasteiger partial charge < -0.3 is 10.1 Å². The van der Waals surface area contributed by atoms with E-state index in [0.717, 1.165) is 38.3 Å². The third-order valence-electron chi connectivity index (χ3n) is 8.99. The molecule has 1 aliphatic heterocycles. The van der Waals surface area contributed by atoms with Gasteiger partial charge in [-0.1, -0.05) is 74.5 Å². The van der Waals surface area contributed by atoms with Crippen LogP contribution in [0.1, 0.15) is 65.5 Å². The molecule has 3 amide bonds. The molecule has 7 rings (SSSR count). The molecule has 4 aliphatic rings. The molecule has 3 aromatic carbocycles. The second-order valence-corrected chi connectivity index (χ2v) is 11.9. The van der Waals surface area contributed by atoms with Crippen LogP contribution in [0, 0.1) is 31.6 Å². The lowest BCUT2D eigenvalue weighted by Gasteiger charge is -2.45. The predicted octanol–water partition coefficient (Wildman–Crippen LogP) is 5.09. The van der Waals surface area contributed by atoms with Crippen LogP contribution < -0.4 is 5.32 Å². The Labute approximate surface area is 239 Å². The summed E-state index contributed by atoms with van der Waals surface area (Å²) in [5.41, 5.74) is 6.91. The van der Waals surface area contributed by atoms with Crippen molar-refractivity contribution in [3.05, 3.63) is 100 Å². The minimum absolute atomic E-state index is 0.00524. The van der Waals surface area contributed by atoms with Gasteiger partial charge in [-0.3, -0.25) is 19.3 Å². The number of imide groups is 1. The van der Waals surface area contributed by atoms with E-state index in [2.05, 4.69) is 5.32 Å². The maximum atomic E-state index is 14.2. The van der Waals surface area contributed by atoms with Gasteiger partial charge in [0.05, 0.1) is 11.8 Å². The highest BCUT2D eigenvalue weighted by Crippen LogP contribution is 2.61. The van der Waals surface area contributed by atoms with Gasteiger partial charge in [0, 0.05) is 17.5 Å². The summed E-state index contributed by atoms with van der Waals surface area (Å²) in [7, 11) is 0. The molecule has 7 heteroatoms. The molecule has 1 N–H and O–H groups in total. The topological polar surface area (TPSA) is 92.8 Å². The lowest BCUT2D eigenvalue weighted by atomic mass is 9.55. The van der Waals surface area contributed by atoms with Gasteiger partial charge in [0.2, 0.25) is 11.8 Å². The summed E-state index contributed by atoms with van der Waals surface area (Å²) in [6.07, 6.45) is 0.254. The molecule has 2 bridgehead atoms. The first-order chi connectivity index (χ1) is 19.7. The third-order valence-corrected chi connectivity index (χ3v) is 8.99. The number of esters is 1. The first-order valence-electron chi connectivity index (χ1n) is 14.3. The van der Waals surface area contributed by atoms with Crippen molar-refractivity contribution in [1.82, 2.24) is 4.90 Å². The number of carbonyl (C=O) groups excluding carboxylic acids is 4. The number of hydrogen-bond acceptors (Lipinski definition) is 5. The average Bonchev–Trinajstić information content (AvgIpc) is 3.22. The molecule has 41 heavy (non-hydrogen) atoms. The Bertz CT molecular complexity index is 1460. The maximum absolute atomic E-state index is 14.2. The zero-order valence-corrected chi connectivity index (χ0v) is 23.7. The molecular formula is C34H34N2O5. The van der Waals surface area contributed by atoms with Crippen LogP contribution in [0.25, 0.3) is 0 Å². The van der Waals surface area contributed by atoms with Crippen LogP contribution >= 0.6 is 0 Å². The van der Waals surface area contributed by atoms with Crippen LogP contribution in [-0.2, 0) is 23.9 Å². The van der Waals surface area contributed by atoms with E-state index >= 15 is 0 Å². The van der Waals surface area contributed by atoms with E-state index in [1.807, 2.05) is 88.4 Å². The fourth-order valence-corrected chi connectivity index (χ4v) is 7.07. The van der Waals surface area contributed by atoms with E-state index in [-0.39, 0.29) is 36.0 Å². The highest BCUT2D eigenvalue weighted by Gasteiger charge is 2.63. The number of likely N-dealkylation sites (tertiary alicyclic amines) is 1. The van der Waals surface area contributed by atoms with Crippen molar-refractivity contribution in [2.24, 2.45) is 17.8 Å². The Balaban J connectivity index is 1.27. The molecule has 210 valence electrons. The van der Waals surface area contributed by atoms with Gasteiger partial charge >= 0.3 is 5.97 Å². The van der Waals surface area contributed by atoms with E-state index in [1.54, 1.807) is 6.07 Å². The van der Waals surface area contributed by atoms with Gasteiger partial charge in [-0.15, -0.1) is 0 Å². The number of nitrogens with one attached hydrogen (secondary N) is 1. The summed E-state index contributed by atoms with van der Waals surface area (Å²) < 4.78 is 5.47. The van der Waals surface area contributed by atoms with Crippen LogP contribution in [-0.4, -0.2) is 41.2 Å². The number of anilines is 1. The lowest BCUT2D eigenvalue weighted by Crippen LogP contribution is -2.47. The van der Waals surface area contributed by atoms with Crippen LogP contribution in [0.2, 0.25) is 0 Å². The number of aryl methyl sites for hydroxylation is 1. The van der Waals surface area contributed by atoms with E-state index in [9.17, 15) is 19.2 Å². The molecule has 3 aromatic rings. The average molecular weight is 551 g/mol. The summed E-state index contributed by atoms with van der Waals surface area (Å²) >= 11 is 0. The van der Waals surface area contributed by atoms with E-state index < -0.39 is 36.4 Å². The fourth-order valence-electron chi connectivity index (χ4n) is 7.07. The zero-order chi connectivity index (χ0) is 29.0. The zero-order valence-electron chi connectivity index (χ0n) is 23.7. The lowest BCUT2D eigenvalue weighted by molar-refractivity contribution is -0.160. The SMILES string of the molecule is Cc1cccc(NC(=O)COC(=O)[C@H](CC(C)C)N2C(=O)[C@H]3C4c5ccccc5C(c5ccccc54)[C@@H]3C2=O)c1C. The van der Waals surface area contributed by atoms with Crippen molar-refractivity contribution >= 4 is 29.4 Å². The molecule has 7 nitrogen and oxygen atoms in total. The molecule has 1 heterocycles. The number of benzene rings is 3. The van der Waals surface area contributed by atoms with Crippen LogP contribution in [0.3, 0.4) is 0 Å². The van der Waals surface area contributed by atoms with Crippen molar-refractivity contribution < 1.29 is 23.9 Å². The monoisotopic (exact) mass is 550 g/mol. The van der Waals surface area contributed by atoms with Crippen LogP contribution in [0.4, 0.5) is 5.69 Å². The molecular weight excluding hydrogens is 516 g/mol. The van der Waals surface area contributed by atoms with Gasteiger partial charge in [-0.25, -0.2) is 4.79 Å². The van der Waals surface area contributed by atoms with E-state index in [0.29, 0.717) is 5.69 Å². The second kappa shape index (κ2) is 10.3. The summed E-state index contributed by atoms with van der Waals surface area (Å²) in [5, 5.41) is 2.79. The summed E-state index contributed by atoms with van der Waals surface area (Å²) in [6.45, 7) is 7.21. The van der Waals surface area contributed by atoms with Crippen LogP contribution in [0.5, 0.6) is 0 Å². The number of amides is 3. The van der Waals surface area contributed by atoms with Gasteiger partial charge in [0.15, 0.2) is 6.61 Å². The van der Waals surface area contributed by atoms with Crippen molar-refractivity contribution in [1.29, 1.82) is 0 Å². The largest absolute Gasteiger partial charge is 0.454 e. The van der Waals surface area contributed by atoms with Gasteiger partial charge in [0.25, 0.3) is 5.91 Å². The smallest absolute Gasteiger partial charge is 0.329 e. The Morgan fingerprint density at radius 3 is 1.80 bits per heavy atom. The van der Waals surface area contributed by atoms with Crippen molar-refractivity contribution in [3.8, 4) is 0 Å². The molecule has 1 saturated heterocycles. The number of carbonyl (C=O) groups is 4. The highest BCUT2D eigenvalue weighted by atomic mass is 16.5. The van der Waals surface area contributed by atoms with Crippen molar-refractivity contribution in [2.45, 2.75) is 52.0 Å².